The lowest BCUT2D eigenvalue weighted by Crippen LogP contribution is -2.42. The van der Waals surface area contributed by atoms with E-state index in [1.54, 1.807) is 45.3 Å². The summed E-state index contributed by atoms with van der Waals surface area (Å²) in [5.74, 6) is -0.525. The first-order valence-electron chi connectivity index (χ1n) is 8.81. The Labute approximate surface area is 158 Å². The van der Waals surface area contributed by atoms with Crippen LogP contribution in [-0.2, 0) is 24.3 Å². The first-order valence-corrected chi connectivity index (χ1v) is 10.3. The van der Waals surface area contributed by atoms with Crippen LogP contribution in [0.25, 0.3) is 0 Å². The van der Waals surface area contributed by atoms with Gasteiger partial charge in [0, 0.05) is 32.7 Å². The standard InChI is InChI=1S/C18H23N3O5S/c1-12(17(22)20(2)3)26-18(23)13-8-10-21(11-9-13)16-14-6-4-5-7-15(14)27(24,25)19-16/h4-7,12-13H,8-11H2,1-3H3. The minimum atomic E-state index is -3.66. The van der Waals surface area contributed by atoms with E-state index >= 15 is 0 Å². The molecule has 0 saturated carbocycles. The number of likely N-dealkylation sites (N-methyl/N-ethyl adjacent to an activating group) is 1. The number of sulfonamides is 1. The van der Waals surface area contributed by atoms with Crippen molar-refractivity contribution < 1.29 is 22.7 Å². The summed E-state index contributed by atoms with van der Waals surface area (Å²) < 4.78 is 33.6. The molecule has 146 valence electrons. The maximum absolute atomic E-state index is 12.3. The van der Waals surface area contributed by atoms with E-state index in [4.69, 9.17) is 4.74 Å². The molecule has 0 radical (unpaired) electrons. The number of hydrogen-bond donors (Lipinski definition) is 0. The number of amides is 1. The molecule has 27 heavy (non-hydrogen) atoms. The largest absolute Gasteiger partial charge is 0.452 e. The van der Waals surface area contributed by atoms with Crippen molar-refractivity contribution in [2.75, 3.05) is 27.2 Å². The van der Waals surface area contributed by atoms with Gasteiger partial charge >= 0.3 is 5.97 Å². The average molecular weight is 393 g/mol. The van der Waals surface area contributed by atoms with Crippen LogP contribution in [0.4, 0.5) is 0 Å². The second-order valence-corrected chi connectivity index (χ2v) is 8.53. The van der Waals surface area contributed by atoms with E-state index in [9.17, 15) is 18.0 Å². The lowest BCUT2D eigenvalue weighted by Gasteiger charge is -2.32. The van der Waals surface area contributed by atoms with E-state index < -0.39 is 22.1 Å². The number of likely N-dealkylation sites (tertiary alicyclic amines) is 1. The van der Waals surface area contributed by atoms with Crippen LogP contribution in [0, 0.1) is 5.92 Å². The Hall–Kier alpha value is -2.42. The lowest BCUT2D eigenvalue weighted by molar-refractivity contribution is -0.162. The van der Waals surface area contributed by atoms with Crippen LogP contribution in [0.15, 0.2) is 33.6 Å². The molecule has 1 saturated heterocycles. The summed E-state index contributed by atoms with van der Waals surface area (Å²) >= 11 is 0. The van der Waals surface area contributed by atoms with Crippen molar-refractivity contribution in [2.24, 2.45) is 10.3 Å². The second kappa shape index (κ2) is 7.30. The van der Waals surface area contributed by atoms with Gasteiger partial charge in [-0.1, -0.05) is 12.1 Å². The predicted octanol–water partition coefficient (Wildman–Crippen LogP) is 0.867. The highest BCUT2D eigenvalue weighted by Crippen LogP contribution is 2.30. The number of rotatable bonds is 3. The number of hydrogen-bond acceptors (Lipinski definition) is 6. The molecule has 1 aromatic carbocycles. The second-order valence-electron chi connectivity index (χ2n) is 6.96. The van der Waals surface area contributed by atoms with Crippen LogP contribution >= 0.6 is 0 Å². The third-order valence-corrected chi connectivity index (χ3v) is 6.15. The third-order valence-electron chi connectivity index (χ3n) is 4.82. The molecule has 1 atom stereocenters. The van der Waals surface area contributed by atoms with Gasteiger partial charge in [0.15, 0.2) is 11.9 Å². The van der Waals surface area contributed by atoms with Crippen LogP contribution in [-0.4, -0.2) is 69.2 Å². The number of ether oxygens (including phenoxy) is 1. The summed E-state index contributed by atoms with van der Waals surface area (Å²) in [6, 6.07) is 6.75. The zero-order valence-corrected chi connectivity index (χ0v) is 16.4. The van der Waals surface area contributed by atoms with Crippen molar-refractivity contribution in [2.45, 2.75) is 30.8 Å². The number of esters is 1. The van der Waals surface area contributed by atoms with Crippen LogP contribution < -0.4 is 0 Å². The lowest BCUT2D eigenvalue weighted by atomic mass is 9.96. The minimum Gasteiger partial charge on any atom is -0.452 e. The van der Waals surface area contributed by atoms with Crippen LogP contribution in [0.1, 0.15) is 25.3 Å². The smallest absolute Gasteiger partial charge is 0.309 e. The topological polar surface area (TPSA) is 96.3 Å². The Morgan fingerprint density at radius 3 is 2.48 bits per heavy atom. The molecular formula is C18H23N3O5S. The molecule has 8 nitrogen and oxygen atoms in total. The van der Waals surface area contributed by atoms with Crippen LogP contribution in [0.2, 0.25) is 0 Å². The third kappa shape index (κ3) is 3.83. The number of nitrogens with zero attached hydrogens (tertiary/aromatic N) is 3. The zero-order valence-electron chi connectivity index (χ0n) is 15.6. The maximum atomic E-state index is 12.3. The van der Waals surface area contributed by atoms with E-state index in [1.165, 1.54) is 4.90 Å². The fraction of sp³-hybridized carbons (Fsp3) is 0.500. The Balaban J connectivity index is 1.63. The van der Waals surface area contributed by atoms with Gasteiger partial charge in [0.05, 0.1) is 5.92 Å². The van der Waals surface area contributed by atoms with Gasteiger partial charge in [0.25, 0.3) is 15.9 Å². The SMILES string of the molecule is CC(OC(=O)C1CCN(C2=NS(=O)(=O)c3ccccc32)CC1)C(=O)N(C)C. The molecule has 1 unspecified atom stereocenters. The number of piperidine rings is 1. The normalized spacial score (nSPS) is 19.8. The highest BCUT2D eigenvalue weighted by Gasteiger charge is 2.35. The van der Waals surface area contributed by atoms with Crippen molar-refractivity contribution in [1.29, 1.82) is 0 Å². The molecule has 0 aromatic heterocycles. The van der Waals surface area contributed by atoms with Gasteiger partial charge < -0.3 is 14.5 Å². The van der Waals surface area contributed by atoms with Gasteiger partial charge in [0.1, 0.15) is 4.90 Å². The van der Waals surface area contributed by atoms with Crippen LogP contribution in [0.3, 0.4) is 0 Å². The van der Waals surface area contributed by atoms with E-state index in [2.05, 4.69) is 4.40 Å². The molecule has 2 heterocycles. The molecule has 2 aliphatic heterocycles. The molecule has 3 rings (SSSR count). The highest BCUT2D eigenvalue weighted by atomic mass is 32.2. The van der Waals surface area contributed by atoms with Crippen molar-refractivity contribution >= 4 is 27.7 Å². The summed E-state index contributed by atoms with van der Waals surface area (Å²) in [5, 5.41) is 0. The van der Waals surface area contributed by atoms with Gasteiger partial charge in [-0.2, -0.15) is 8.42 Å². The molecule has 1 fully saturated rings. The van der Waals surface area contributed by atoms with Gasteiger partial charge in [-0.25, -0.2) is 0 Å². The van der Waals surface area contributed by atoms with Crippen LogP contribution in [0.5, 0.6) is 0 Å². The Morgan fingerprint density at radius 1 is 1.22 bits per heavy atom. The summed E-state index contributed by atoms with van der Waals surface area (Å²) in [5.41, 5.74) is 0.601. The zero-order chi connectivity index (χ0) is 19.8. The summed E-state index contributed by atoms with van der Waals surface area (Å²) in [4.78, 5) is 27.7. The number of carbonyl (C=O) groups is 2. The average Bonchev–Trinajstić information content (AvgIpc) is 2.92. The van der Waals surface area contributed by atoms with Gasteiger partial charge in [-0.15, -0.1) is 4.40 Å². The highest BCUT2D eigenvalue weighted by molar-refractivity contribution is 7.90. The number of benzene rings is 1. The first kappa shape index (κ1) is 19.3. The number of amidine groups is 1. The maximum Gasteiger partial charge on any atom is 0.309 e. The fourth-order valence-corrected chi connectivity index (χ4v) is 4.56. The summed E-state index contributed by atoms with van der Waals surface area (Å²) in [6.45, 7) is 2.56. The summed E-state index contributed by atoms with van der Waals surface area (Å²) in [6.07, 6.45) is 0.216. The van der Waals surface area contributed by atoms with Gasteiger partial charge in [-0.05, 0) is 31.9 Å². The molecule has 0 spiro atoms. The van der Waals surface area contributed by atoms with Gasteiger partial charge in [-0.3, -0.25) is 9.59 Å². The van der Waals surface area contributed by atoms with Crippen molar-refractivity contribution in [3.05, 3.63) is 29.8 Å². The van der Waals surface area contributed by atoms with Gasteiger partial charge in [0.2, 0.25) is 0 Å². The van der Waals surface area contributed by atoms with E-state index in [1.807, 2.05) is 4.90 Å². The molecule has 0 bridgehead atoms. The Bertz CT molecular complexity index is 886. The molecular weight excluding hydrogens is 370 g/mol. The number of carbonyl (C=O) groups excluding carboxylic acids is 2. The quantitative estimate of drug-likeness (QED) is 0.707. The predicted molar refractivity (Wildman–Crippen MR) is 98.7 cm³/mol. The van der Waals surface area contributed by atoms with Crippen molar-refractivity contribution in [3.8, 4) is 0 Å². The molecule has 9 heteroatoms. The van der Waals surface area contributed by atoms with Crippen molar-refractivity contribution in [1.82, 2.24) is 9.80 Å². The first-order chi connectivity index (χ1) is 12.7. The van der Waals surface area contributed by atoms with E-state index in [0.29, 0.717) is 37.3 Å². The summed E-state index contributed by atoms with van der Waals surface area (Å²) in [7, 11) is -0.434. The van der Waals surface area contributed by atoms with E-state index in [-0.39, 0.29) is 16.7 Å². The van der Waals surface area contributed by atoms with Crippen molar-refractivity contribution in [3.63, 3.8) is 0 Å². The molecule has 1 aromatic rings. The van der Waals surface area contributed by atoms with E-state index in [0.717, 1.165) is 0 Å². The monoisotopic (exact) mass is 393 g/mol. The Kier molecular flexibility index (Phi) is 5.23. The fourth-order valence-electron chi connectivity index (χ4n) is 3.33. The minimum absolute atomic E-state index is 0.220. The molecule has 2 aliphatic rings. The number of fused-ring (bicyclic) bond motifs is 1. The molecule has 0 N–H and O–H groups in total. The molecule has 0 aliphatic carbocycles. The Morgan fingerprint density at radius 2 is 1.85 bits per heavy atom. The molecule has 1 amide bonds.